The summed E-state index contributed by atoms with van der Waals surface area (Å²) in [6, 6.07) is 3.77. The van der Waals surface area contributed by atoms with Gasteiger partial charge in [-0.2, -0.15) is 0 Å². The van der Waals surface area contributed by atoms with Crippen LogP contribution in [-0.4, -0.2) is 43.0 Å². The summed E-state index contributed by atoms with van der Waals surface area (Å²) in [6.07, 6.45) is 0. The predicted molar refractivity (Wildman–Crippen MR) is 66.9 cm³/mol. The number of benzene rings is 1. The van der Waals surface area contributed by atoms with Crippen molar-refractivity contribution in [3.63, 3.8) is 0 Å². The Kier molecular flexibility index (Phi) is 5.06. The number of carbonyl (C=O) groups excluding carboxylic acids is 1. The van der Waals surface area contributed by atoms with E-state index in [2.05, 4.69) is 0 Å². The second-order valence-corrected chi connectivity index (χ2v) is 4.05. The highest BCUT2D eigenvalue weighted by Crippen LogP contribution is 2.23. The van der Waals surface area contributed by atoms with E-state index in [0.717, 1.165) is 0 Å². The van der Waals surface area contributed by atoms with Gasteiger partial charge in [-0.15, -0.1) is 0 Å². The Hall–Kier alpha value is -1.66. The van der Waals surface area contributed by atoms with E-state index >= 15 is 0 Å². The Balaban J connectivity index is 2.89. The highest BCUT2D eigenvalue weighted by atomic mass is 35.5. The molecule has 1 aromatic rings. The maximum absolute atomic E-state index is 12.0. The maximum Gasteiger partial charge on any atom is 0.270 e. The molecule has 0 aliphatic heterocycles. The Morgan fingerprint density at radius 1 is 1.56 bits per heavy atom. The maximum atomic E-state index is 12.0. The van der Waals surface area contributed by atoms with Gasteiger partial charge in [-0.1, -0.05) is 11.6 Å². The number of nitrogens with zero attached hydrogens (tertiary/aromatic N) is 2. The quantitative estimate of drug-likeness (QED) is 0.607. The first-order valence-electron chi connectivity index (χ1n) is 5.15. The Morgan fingerprint density at radius 2 is 2.22 bits per heavy atom. The number of halogens is 1. The molecule has 0 radical (unpaired) electrons. The lowest BCUT2D eigenvalue weighted by molar-refractivity contribution is -0.384. The molecule has 0 spiro atoms. The van der Waals surface area contributed by atoms with Crippen LogP contribution in [0.15, 0.2) is 18.2 Å². The number of ether oxygens (including phenoxy) is 1. The highest BCUT2D eigenvalue weighted by molar-refractivity contribution is 6.34. The SMILES string of the molecule is COCCN(C)C(=O)c1ccc([N+](=O)[O-])cc1Cl. The Morgan fingerprint density at radius 3 is 2.72 bits per heavy atom. The number of rotatable bonds is 5. The lowest BCUT2D eigenvalue weighted by atomic mass is 10.2. The molecule has 0 atom stereocenters. The monoisotopic (exact) mass is 272 g/mol. The average molecular weight is 273 g/mol. The van der Waals surface area contributed by atoms with Crippen molar-refractivity contribution in [3.8, 4) is 0 Å². The van der Waals surface area contributed by atoms with Gasteiger partial charge < -0.3 is 9.64 Å². The summed E-state index contributed by atoms with van der Waals surface area (Å²) in [6.45, 7) is 0.829. The molecular weight excluding hydrogens is 260 g/mol. The lowest BCUT2D eigenvalue weighted by Gasteiger charge is -2.17. The summed E-state index contributed by atoms with van der Waals surface area (Å²) in [7, 11) is 3.15. The molecule has 0 saturated carbocycles. The van der Waals surface area contributed by atoms with Crippen LogP contribution in [0, 0.1) is 10.1 Å². The number of amides is 1. The van der Waals surface area contributed by atoms with Crippen LogP contribution in [0.4, 0.5) is 5.69 Å². The van der Waals surface area contributed by atoms with Crippen LogP contribution < -0.4 is 0 Å². The summed E-state index contributed by atoms with van der Waals surface area (Å²) in [5.41, 5.74) is 0.0944. The largest absolute Gasteiger partial charge is 0.383 e. The van der Waals surface area contributed by atoms with E-state index in [1.165, 1.54) is 30.2 Å². The van der Waals surface area contributed by atoms with Crippen molar-refractivity contribution in [1.29, 1.82) is 0 Å². The van der Waals surface area contributed by atoms with Gasteiger partial charge in [0.05, 0.1) is 22.1 Å². The number of likely N-dealkylation sites (N-methyl/N-ethyl adjacent to an activating group) is 1. The van der Waals surface area contributed by atoms with E-state index < -0.39 is 4.92 Å². The minimum atomic E-state index is -0.561. The fourth-order valence-corrected chi connectivity index (χ4v) is 1.58. The number of carbonyl (C=O) groups is 1. The topological polar surface area (TPSA) is 72.7 Å². The fraction of sp³-hybridized carbons (Fsp3) is 0.364. The first-order chi connectivity index (χ1) is 8.47. The van der Waals surface area contributed by atoms with E-state index in [-0.39, 0.29) is 22.2 Å². The molecule has 7 heteroatoms. The zero-order valence-electron chi connectivity index (χ0n) is 10.1. The second-order valence-electron chi connectivity index (χ2n) is 3.64. The molecule has 1 amide bonds. The van der Waals surface area contributed by atoms with Crippen molar-refractivity contribution >= 4 is 23.2 Å². The molecule has 1 aromatic carbocycles. The predicted octanol–water partition coefficient (Wildman–Crippen LogP) is 1.97. The van der Waals surface area contributed by atoms with Crippen molar-refractivity contribution in [2.45, 2.75) is 0 Å². The van der Waals surface area contributed by atoms with E-state index in [1.807, 2.05) is 0 Å². The third-order valence-electron chi connectivity index (χ3n) is 2.37. The molecule has 18 heavy (non-hydrogen) atoms. The second kappa shape index (κ2) is 6.32. The summed E-state index contributed by atoms with van der Waals surface area (Å²) in [5.74, 6) is -0.299. The third kappa shape index (κ3) is 3.41. The molecule has 0 unspecified atom stereocenters. The third-order valence-corrected chi connectivity index (χ3v) is 2.68. The van der Waals surface area contributed by atoms with Crippen molar-refractivity contribution in [2.75, 3.05) is 27.3 Å². The van der Waals surface area contributed by atoms with E-state index in [9.17, 15) is 14.9 Å². The van der Waals surface area contributed by atoms with Crippen LogP contribution in [-0.2, 0) is 4.74 Å². The van der Waals surface area contributed by atoms with Gasteiger partial charge in [-0.3, -0.25) is 14.9 Å². The summed E-state index contributed by atoms with van der Waals surface area (Å²) in [4.78, 5) is 23.4. The smallest absolute Gasteiger partial charge is 0.270 e. The number of hydrogen-bond acceptors (Lipinski definition) is 4. The van der Waals surface area contributed by atoms with Gasteiger partial charge >= 0.3 is 0 Å². The number of non-ortho nitro benzene ring substituents is 1. The van der Waals surface area contributed by atoms with E-state index in [0.29, 0.717) is 13.2 Å². The van der Waals surface area contributed by atoms with Crippen LogP contribution in [0.3, 0.4) is 0 Å². The molecule has 0 N–H and O–H groups in total. The zero-order valence-corrected chi connectivity index (χ0v) is 10.8. The number of nitro benzene ring substituents is 1. The Labute approximate surface area is 109 Å². The van der Waals surface area contributed by atoms with E-state index in [1.54, 1.807) is 7.05 Å². The number of hydrogen-bond donors (Lipinski definition) is 0. The molecule has 0 aliphatic rings. The molecule has 0 bridgehead atoms. The summed E-state index contributed by atoms with van der Waals surface area (Å²) in [5, 5.41) is 10.6. The van der Waals surface area contributed by atoms with Gasteiger partial charge in [0, 0.05) is 32.8 Å². The molecule has 98 valence electrons. The van der Waals surface area contributed by atoms with Crippen molar-refractivity contribution in [1.82, 2.24) is 4.90 Å². The number of methoxy groups -OCH3 is 1. The Bertz CT molecular complexity index is 464. The van der Waals surface area contributed by atoms with Crippen molar-refractivity contribution < 1.29 is 14.5 Å². The molecule has 0 aliphatic carbocycles. The van der Waals surface area contributed by atoms with Gasteiger partial charge in [0.1, 0.15) is 0 Å². The highest BCUT2D eigenvalue weighted by Gasteiger charge is 2.17. The van der Waals surface area contributed by atoms with Crippen LogP contribution in [0.25, 0.3) is 0 Å². The molecule has 0 heterocycles. The normalized spacial score (nSPS) is 10.2. The molecule has 0 fully saturated rings. The van der Waals surface area contributed by atoms with Gasteiger partial charge in [0.15, 0.2) is 0 Å². The van der Waals surface area contributed by atoms with Crippen LogP contribution in [0.2, 0.25) is 5.02 Å². The first-order valence-corrected chi connectivity index (χ1v) is 5.53. The zero-order chi connectivity index (χ0) is 13.7. The summed E-state index contributed by atoms with van der Waals surface area (Å²) < 4.78 is 4.86. The van der Waals surface area contributed by atoms with Crippen LogP contribution in [0.1, 0.15) is 10.4 Å². The minimum absolute atomic E-state index is 0.0680. The molecular formula is C11H13ClN2O4. The molecule has 0 aromatic heterocycles. The standard InChI is InChI=1S/C11H13ClN2O4/c1-13(5-6-18-2)11(15)9-4-3-8(14(16)17)7-10(9)12/h3-4,7H,5-6H2,1-2H3. The van der Waals surface area contributed by atoms with Crippen LogP contribution >= 0.6 is 11.6 Å². The van der Waals surface area contributed by atoms with Crippen LogP contribution in [0.5, 0.6) is 0 Å². The van der Waals surface area contributed by atoms with Crippen molar-refractivity contribution in [3.05, 3.63) is 38.9 Å². The molecule has 0 saturated heterocycles. The first kappa shape index (κ1) is 14.4. The lowest BCUT2D eigenvalue weighted by Crippen LogP contribution is -2.30. The van der Waals surface area contributed by atoms with Crippen molar-refractivity contribution in [2.24, 2.45) is 0 Å². The fourth-order valence-electron chi connectivity index (χ4n) is 1.33. The van der Waals surface area contributed by atoms with Gasteiger partial charge in [-0.05, 0) is 6.07 Å². The minimum Gasteiger partial charge on any atom is -0.383 e. The average Bonchev–Trinajstić information content (AvgIpc) is 2.34. The van der Waals surface area contributed by atoms with Gasteiger partial charge in [-0.25, -0.2) is 0 Å². The molecule has 1 rings (SSSR count). The van der Waals surface area contributed by atoms with Gasteiger partial charge in [0.2, 0.25) is 0 Å². The molecule has 6 nitrogen and oxygen atoms in total. The summed E-state index contributed by atoms with van der Waals surface area (Å²) >= 11 is 5.86. The van der Waals surface area contributed by atoms with Gasteiger partial charge in [0.25, 0.3) is 11.6 Å². The number of nitro groups is 1. The van der Waals surface area contributed by atoms with E-state index in [4.69, 9.17) is 16.3 Å².